The molecule has 0 unspecified atom stereocenters. The highest BCUT2D eigenvalue weighted by Crippen LogP contribution is 2.28. The average molecular weight is 338 g/mol. The molecule has 0 bridgehead atoms. The van der Waals surface area contributed by atoms with Gasteiger partial charge in [-0.05, 0) is 29.3 Å². The number of nitrogens with zero attached hydrogens (tertiary/aromatic N) is 2. The fourth-order valence-electron chi connectivity index (χ4n) is 2.65. The highest BCUT2D eigenvalue weighted by molar-refractivity contribution is 6.31. The monoisotopic (exact) mass is 337 g/mol. The largest absolute Gasteiger partial charge is 0.380 e. The van der Waals surface area contributed by atoms with Crippen LogP contribution in [-0.4, -0.2) is 12.1 Å². The van der Waals surface area contributed by atoms with Crippen LogP contribution in [0, 0.1) is 11.3 Å². The van der Waals surface area contributed by atoms with Crippen LogP contribution in [0.4, 0.5) is 5.69 Å². The molecule has 3 rings (SSSR count). The maximum atomic E-state index is 9.40. The molecule has 0 aliphatic heterocycles. The van der Waals surface area contributed by atoms with Gasteiger partial charge in [0.15, 0.2) is 0 Å². The minimum Gasteiger partial charge on any atom is -0.380 e. The van der Waals surface area contributed by atoms with Crippen molar-refractivity contribution in [1.29, 1.82) is 5.26 Å². The van der Waals surface area contributed by atoms with Gasteiger partial charge in [-0.3, -0.25) is 4.98 Å². The molecule has 0 atom stereocenters. The van der Waals surface area contributed by atoms with Gasteiger partial charge in [0, 0.05) is 30.3 Å². The lowest BCUT2D eigenvalue weighted by Crippen LogP contribution is -2.06. The van der Waals surface area contributed by atoms with Crippen LogP contribution in [0.2, 0.25) is 5.02 Å². The summed E-state index contributed by atoms with van der Waals surface area (Å²) in [5.41, 5.74) is 4.27. The number of rotatable bonds is 5. The van der Waals surface area contributed by atoms with Crippen LogP contribution < -0.4 is 5.32 Å². The van der Waals surface area contributed by atoms with E-state index < -0.39 is 0 Å². The van der Waals surface area contributed by atoms with Crippen molar-refractivity contribution in [2.24, 2.45) is 0 Å². The van der Waals surface area contributed by atoms with Crippen molar-refractivity contribution in [3.05, 3.63) is 70.4 Å². The molecule has 24 heavy (non-hydrogen) atoms. The Labute approximate surface area is 145 Å². The first kappa shape index (κ1) is 16.3. The Morgan fingerprint density at radius 3 is 2.75 bits per heavy atom. The third-order valence-electron chi connectivity index (χ3n) is 3.82. The van der Waals surface area contributed by atoms with Gasteiger partial charge in [-0.2, -0.15) is 5.26 Å². The molecule has 0 saturated heterocycles. The number of aromatic nitrogens is 1. The smallest absolute Gasteiger partial charge is 0.103 e. The molecule has 0 spiro atoms. The summed E-state index contributed by atoms with van der Waals surface area (Å²) < 4.78 is 5.24. The Morgan fingerprint density at radius 2 is 2.00 bits per heavy atom. The topological polar surface area (TPSA) is 57.9 Å². The SMILES string of the molecule is COCc1ccccc1CNc1c(C#N)cnc2ccc(Cl)cc12. The summed E-state index contributed by atoms with van der Waals surface area (Å²) >= 11 is 6.11. The number of nitrogens with one attached hydrogen (secondary N) is 1. The van der Waals surface area contributed by atoms with E-state index in [9.17, 15) is 5.26 Å². The third-order valence-corrected chi connectivity index (χ3v) is 4.06. The first-order valence-electron chi connectivity index (χ1n) is 7.51. The van der Waals surface area contributed by atoms with Gasteiger partial charge in [0.1, 0.15) is 6.07 Å². The second-order valence-electron chi connectivity index (χ2n) is 5.38. The molecule has 0 amide bonds. The van der Waals surface area contributed by atoms with E-state index in [1.54, 1.807) is 19.4 Å². The Bertz CT molecular complexity index is 918. The van der Waals surface area contributed by atoms with Crippen molar-refractivity contribution in [2.75, 3.05) is 12.4 Å². The van der Waals surface area contributed by atoms with Crippen molar-refractivity contribution >= 4 is 28.2 Å². The van der Waals surface area contributed by atoms with Crippen molar-refractivity contribution in [1.82, 2.24) is 4.98 Å². The predicted molar refractivity (Wildman–Crippen MR) is 95.9 cm³/mol. The summed E-state index contributed by atoms with van der Waals surface area (Å²) in [7, 11) is 1.68. The molecular weight excluding hydrogens is 322 g/mol. The van der Waals surface area contributed by atoms with Crippen LogP contribution in [0.3, 0.4) is 0 Å². The molecule has 1 aromatic heterocycles. The fraction of sp³-hybridized carbons (Fsp3) is 0.158. The predicted octanol–water partition coefficient (Wildman–Crippen LogP) is 4.52. The Balaban J connectivity index is 1.98. The summed E-state index contributed by atoms with van der Waals surface area (Å²) in [6.45, 7) is 1.13. The van der Waals surface area contributed by atoms with E-state index in [1.807, 2.05) is 36.4 Å². The standard InChI is InChI=1S/C19H16ClN3O/c1-24-12-14-5-3-2-4-13(14)10-23-19-15(9-21)11-22-18-7-6-16(20)8-17(18)19/h2-8,11H,10,12H2,1H3,(H,22,23). The molecule has 0 fully saturated rings. The van der Waals surface area contributed by atoms with Gasteiger partial charge in [-0.25, -0.2) is 0 Å². The van der Waals surface area contributed by atoms with Crippen LogP contribution >= 0.6 is 11.6 Å². The van der Waals surface area contributed by atoms with E-state index >= 15 is 0 Å². The zero-order valence-electron chi connectivity index (χ0n) is 13.2. The van der Waals surface area contributed by atoms with Crippen molar-refractivity contribution in [3.8, 4) is 6.07 Å². The van der Waals surface area contributed by atoms with Gasteiger partial charge < -0.3 is 10.1 Å². The van der Waals surface area contributed by atoms with E-state index in [4.69, 9.17) is 16.3 Å². The van der Waals surface area contributed by atoms with Gasteiger partial charge in [0.25, 0.3) is 0 Å². The number of anilines is 1. The van der Waals surface area contributed by atoms with Crippen molar-refractivity contribution in [3.63, 3.8) is 0 Å². The summed E-state index contributed by atoms with van der Waals surface area (Å²) in [6.07, 6.45) is 1.58. The molecule has 120 valence electrons. The average Bonchev–Trinajstić information content (AvgIpc) is 2.61. The van der Waals surface area contributed by atoms with Gasteiger partial charge in [-0.15, -0.1) is 0 Å². The maximum absolute atomic E-state index is 9.40. The van der Waals surface area contributed by atoms with Crippen LogP contribution in [0.25, 0.3) is 10.9 Å². The Hall–Kier alpha value is -2.61. The van der Waals surface area contributed by atoms with E-state index in [1.165, 1.54) is 0 Å². The molecule has 1 N–H and O–H groups in total. The molecule has 0 radical (unpaired) electrons. The van der Waals surface area contributed by atoms with E-state index in [-0.39, 0.29) is 0 Å². The van der Waals surface area contributed by atoms with Gasteiger partial charge in [-0.1, -0.05) is 35.9 Å². The van der Waals surface area contributed by atoms with Gasteiger partial charge in [0.05, 0.1) is 23.4 Å². The number of hydrogen-bond acceptors (Lipinski definition) is 4. The fourth-order valence-corrected chi connectivity index (χ4v) is 2.82. The Morgan fingerprint density at radius 1 is 1.21 bits per heavy atom. The molecule has 4 nitrogen and oxygen atoms in total. The van der Waals surface area contributed by atoms with Gasteiger partial charge >= 0.3 is 0 Å². The number of pyridine rings is 1. The third kappa shape index (κ3) is 3.33. The molecule has 3 aromatic rings. The number of nitriles is 1. The maximum Gasteiger partial charge on any atom is 0.103 e. The van der Waals surface area contributed by atoms with Crippen LogP contribution in [-0.2, 0) is 17.9 Å². The summed E-state index contributed by atoms with van der Waals surface area (Å²) in [6, 6.07) is 15.7. The lowest BCUT2D eigenvalue weighted by Gasteiger charge is -2.14. The van der Waals surface area contributed by atoms with Crippen LogP contribution in [0.5, 0.6) is 0 Å². The highest BCUT2D eigenvalue weighted by Gasteiger charge is 2.10. The first-order chi connectivity index (χ1) is 11.7. The summed E-state index contributed by atoms with van der Waals surface area (Å²) in [5.74, 6) is 0. The summed E-state index contributed by atoms with van der Waals surface area (Å²) in [5, 5.41) is 14.2. The molecule has 0 aliphatic carbocycles. The minimum atomic E-state index is 0.494. The highest BCUT2D eigenvalue weighted by atomic mass is 35.5. The lowest BCUT2D eigenvalue weighted by atomic mass is 10.1. The quantitative estimate of drug-likeness (QED) is 0.743. The number of fused-ring (bicyclic) bond motifs is 1. The number of methoxy groups -OCH3 is 1. The Kier molecular flexibility index (Phi) is 4.95. The molecule has 0 saturated carbocycles. The molecule has 5 heteroatoms. The normalized spacial score (nSPS) is 10.5. The zero-order chi connectivity index (χ0) is 16.9. The van der Waals surface area contributed by atoms with Crippen molar-refractivity contribution < 1.29 is 4.74 Å². The van der Waals surface area contributed by atoms with Gasteiger partial charge in [0.2, 0.25) is 0 Å². The van der Waals surface area contributed by atoms with E-state index in [0.717, 1.165) is 27.7 Å². The van der Waals surface area contributed by atoms with E-state index in [2.05, 4.69) is 16.4 Å². The first-order valence-corrected chi connectivity index (χ1v) is 7.88. The lowest BCUT2D eigenvalue weighted by molar-refractivity contribution is 0.184. The molecule has 0 aliphatic rings. The second-order valence-corrected chi connectivity index (χ2v) is 5.81. The molecule has 2 aromatic carbocycles. The zero-order valence-corrected chi connectivity index (χ0v) is 14.0. The van der Waals surface area contributed by atoms with Crippen molar-refractivity contribution in [2.45, 2.75) is 13.2 Å². The number of halogens is 1. The molecule has 1 heterocycles. The van der Waals surface area contributed by atoms with E-state index in [0.29, 0.717) is 23.7 Å². The van der Waals surface area contributed by atoms with Crippen LogP contribution in [0.15, 0.2) is 48.7 Å². The number of benzene rings is 2. The second kappa shape index (κ2) is 7.31. The summed E-state index contributed by atoms with van der Waals surface area (Å²) in [4.78, 5) is 4.31. The van der Waals surface area contributed by atoms with Crippen LogP contribution in [0.1, 0.15) is 16.7 Å². The molecular formula is C19H16ClN3O. The number of ether oxygens (including phenoxy) is 1. The number of hydrogen-bond donors (Lipinski definition) is 1. The minimum absolute atomic E-state index is 0.494.